The number of nitrogens with zero attached hydrogens (tertiary/aromatic N) is 3. The van der Waals surface area contributed by atoms with Gasteiger partial charge < -0.3 is 11.1 Å². The Morgan fingerprint density at radius 1 is 1.10 bits per heavy atom. The van der Waals surface area contributed by atoms with Crippen LogP contribution < -0.4 is 16.0 Å². The van der Waals surface area contributed by atoms with Crippen molar-refractivity contribution in [3.8, 4) is 0 Å². The lowest BCUT2D eigenvalue weighted by Crippen LogP contribution is -2.33. The molecule has 2 atom stereocenters. The van der Waals surface area contributed by atoms with Crippen LogP contribution in [-0.2, 0) is 0 Å². The van der Waals surface area contributed by atoms with Crippen LogP contribution in [0.15, 0.2) is 52.1 Å². The van der Waals surface area contributed by atoms with Crippen LogP contribution in [0, 0.1) is 29.2 Å². The van der Waals surface area contributed by atoms with Crippen LogP contribution in [-0.4, -0.2) is 30.5 Å². The van der Waals surface area contributed by atoms with Crippen LogP contribution in [0.1, 0.15) is 10.4 Å². The third kappa shape index (κ3) is 3.43. The third-order valence-corrected chi connectivity index (χ3v) is 4.80. The molecule has 2 aliphatic heterocycles. The number of carbonyl (C=O) groups excluding carboxylic acids is 2. The minimum Gasteiger partial charge on any atom is -0.369 e. The molecule has 3 N–H and O–H groups in total. The Balaban J connectivity index is 1.84. The lowest BCUT2D eigenvalue weighted by molar-refractivity contribution is 0.101. The van der Waals surface area contributed by atoms with Gasteiger partial charge in [0, 0.05) is 24.1 Å². The minimum absolute atomic E-state index is 0.101. The topological polar surface area (TPSA) is 100 Å². The molecule has 2 aromatic carbocycles. The van der Waals surface area contributed by atoms with Crippen molar-refractivity contribution in [1.82, 2.24) is 5.32 Å². The number of hydrogen-bond acceptors (Lipinski definition) is 5. The summed E-state index contributed by atoms with van der Waals surface area (Å²) in [5.41, 5.74) is 2.87. The quantitative estimate of drug-likeness (QED) is 0.442. The van der Waals surface area contributed by atoms with E-state index in [1.807, 2.05) is 0 Å². The summed E-state index contributed by atoms with van der Waals surface area (Å²) >= 11 is 0. The maximum Gasteiger partial charge on any atom is 0.323 e. The van der Waals surface area contributed by atoms with Crippen LogP contribution >= 0.6 is 0 Å². The fraction of sp³-hybridized carbons (Fsp3) is 0.100. The molecule has 2 unspecified atom stereocenters. The summed E-state index contributed by atoms with van der Waals surface area (Å²) < 4.78 is 57.9. The zero-order valence-corrected chi connectivity index (χ0v) is 15.5. The summed E-state index contributed by atoms with van der Waals surface area (Å²) in [5, 5.41) is 2.76. The number of Topliss-reactive ketones (excluding diaryl/α,β-unsaturated/α-hetero) is 1. The monoisotopic (exact) mass is 431 g/mol. The Labute approximate surface area is 172 Å². The van der Waals surface area contributed by atoms with Crippen molar-refractivity contribution in [3.05, 3.63) is 70.9 Å². The first-order valence-corrected chi connectivity index (χ1v) is 8.88. The molecule has 0 spiro atoms. The SMILES string of the molecule is NC(=O)N(c1cccc(F)c1)c1cc(F)c(F)c(C(=O)C2=CNC3N=CN=CC23)c1F. The summed E-state index contributed by atoms with van der Waals surface area (Å²) in [6, 6.07) is 3.39. The largest absolute Gasteiger partial charge is 0.369 e. The van der Waals surface area contributed by atoms with Gasteiger partial charge in [0.2, 0.25) is 0 Å². The number of aliphatic imine (C=N–C) groups is 2. The molecule has 11 heteroatoms. The van der Waals surface area contributed by atoms with Gasteiger partial charge in [-0.05, 0) is 18.2 Å². The Kier molecular flexibility index (Phi) is 5.01. The third-order valence-electron chi connectivity index (χ3n) is 4.80. The summed E-state index contributed by atoms with van der Waals surface area (Å²) in [6.07, 6.45) is 3.24. The first-order chi connectivity index (χ1) is 14.8. The highest BCUT2D eigenvalue weighted by Crippen LogP contribution is 2.35. The number of hydrogen-bond donors (Lipinski definition) is 2. The van der Waals surface area contributed by atoms with E-state index in [1.54, 1.807) is 0 Å². The molecule has 0 aromatic heterocycles. The van der Waals surface area contributed by atoms with Crippen LogP contribution in [0.3, 0.4) is 0 Å². The number of urea groups is 1. The lowest BCUT2D eigenvalue weighted by atomic mass is 9.92. The van der Waals surface area contributed by atoms with Crippen molar-refractivity contribution < 1.29 is 27.2 Å². The van der Waals surface area contributed by atoms with E-state index >= 15 is 4.39 Å². The van der Waals surface area contributed by atoms with E-state index in [-0.39, 0.29) is 11.3 Å². The Morgan fingerprint density at radius 2 is 1.87 bits per heavy atom. The number of amides is 2. The van der Waals surface area contributed by atoms with E-state index in [1.165, 1.54) is 30.9 Å². The molecule has 0 saturated carbocycles. The molecule has 0 aliphatic carbocycles. The average molecular weight is 431 g/mol. The van der Waals surface area contributed by atoms with E-state index in [0.29, 0.717) is 11.0 Å². The van der Waals surface area contributed by atoms with Gasteiger partial charge in [-0.3, -0.25) is 9.69 Å². The van der Waals surface area contributed by atoms with E-state index in [2.05, 4.69) is 15.3 Å². The molecule has 4 rings (SSSR count). The van der Waals surface area contributed by atoms with Gasteiger partial charge in [-0.25, -0.2) is 32.3 Å². The number of anilines is 2. The molecule has 2 aromatic rings. The summed E-state index contributed by atoms with van der Waals surface area (Å²) in [4.78, 5) is 33.2. The number of nitrogens with two attached hydrogens (primary N) is 1. The molecule has 2 heterocycles. The molecular formula is C20H13F4N5O2. The maximum absolute atomic E-state index is 15.4. The predicted molar refractivity (Wildman–Crippen MR) is 104 cm³/mol. The first kappa shape index (κ1) is 20.3. The zero-order valence-electron chi connectivity index (χ0n) is 15.5. The van der Waals surface area contributed by atoms with Gasteiger partial charge in [-0.2, -0.15) is 0 Å². The van der Waals surface area contributed by atoms with Gasteiger partial charge in [0.05, 0.1) is 22.9 Å². The molecule has 31 heavy (non-hydrogen) atoms. The molecule has 0 saturated heterocycles. The number of fused-ring (bicyclic) bond motifs is 1. The van der Waals surface area contributed by atoms with Crippen LogP contribution in [0.25, 0.3) is 0 Å². The number of nitrogens with one attached hydrogen (secondary N) is 1. The Morgan fingerprint density at radius 3 is 2.58 bits per heavy atom. The molecule has 2 aliphatic rings. The number of primary amides is 1. The second-order valence-electron chi connectivity index (χ2n) is 6.66. The fourth-order valence-corrected chi connectivity index (χ4v) is 3.40. The van der Waals surface area contributed by atoms with Crippen molar-refractivity contribution in [2.75, 3.05) is 4.90 Å². The molecule has 2 amide bonds. The van der Waals surface area contributed by atoms with Crippen LogP contribution in [0.2, 0.25) is 0 Å². The zero-order chi connectivity index (χ0) is 22.3. The van der Waals surface area contributed by atoms with Gasteiger partial charge in [0.25, 0.3) is 0 Å². The van der Waals surface area contributed by atoms with E-state index in [0.717, 1.165) is 12.1 Å². The molecule has 0 bridgehead atoms. The predicted octanol–water partition coefficient (Wildman–Crippen LogP) is 3.18. The lowest BCUT2D eigenvalue weighted by Gasteiger charge is -2.23. The van der Waals surface area contributed by atoms with Crippen LogP contribution in [0.4, 0.5) is 33.7 Å². The van der Waals surface area contributed by atoms with Gasteiger partial charge in [-0.1, -0.05) is 6.07 Å². The Bertz CT molecular complexity index is 1190. The summed E-state index contributed by atoms with van der Waals surface area (Å²) in [7, 11) is 0. The maximum atomic E-state index is 15.4. The van der Waals surface area contributed by atoms with Gasteiger partial charge in [0.1, 0.15) is 18.3 Å². The van der Waals surface area contributed by atoms with Gasteiger partial charge in [0.15, 0.2) is 23.2 Å². The van der Waals surface area contributed by atoms with E-state index < -0.39 is 58.4 Å². The molecule has 0 fully saturated rings. The molecule has 158 valence electrons. The smallest absolute Gasteiger partial charge is 0.323 e. The second kappa shape index (κ2) is 7.67. The molecule has 0 radical (unpaired) electrons. The molecular weight excluding hydrogens is 418 g/mol. The standard InChI is InChI=1S/C20H13F4N5O2/c21-9-2-1-3-10(4-9)29(20(25)31)14-5-13(22)16(23)15(17(14)24)18(30)11-7-27-19-12(11)6-26-8-28-19/h1-8,12,19,27H,(H2,25,31). The van der Waals surface area contributed by atoms with Crippen molar-refractivity contribution in [3.63, 3.8) is 0 Å². The number of rotatable bonds is 4. The number of halogens is 4. The van der Waals surface area contributed by atoms with Crippen molar-refractivity contribution in [2.45, 2.75) is 6.17 Å². The number of ketones is 1. The average Bonchev–Trinajstić information content (AvgIpc) is 3.16. The molecule has 7 nitrogen and oxygen atoms in total. The van der Waals surface area contributed by atoms with Gasteiger partial charge >= 0.3 is 6.03 Å². The number of carbonyl (C=O) groups is 2. The Hall–Kier alpha value is -4.02. The van der Waals surface area contributed by atoms with Crippen molar-refractivity contribution in [2.24, 2.45) is 21.6 Å². The fourth-order valence-electron chi connectivity index (χ4n) is 3.40. The van der Waals surface area contributed by atoms with Crippen molar-refractivity contribution >= 4 is 35.7 Å². The highest BCUT2D eigenvalue weighted by atomic mass is 19.2. The van der Waals surface area contributed by atoms with Crippen molar-refractivity contribution in [1.29, 1.82) is 0 Å². The van der Waals surface area contributed by atoms with E-state index in [4.69, 9.17) is 5.73 Å². The second-order valence-corrected chi connectivity index (χ2v) is 6.66. The normalized spacial score (nSPS) is 18.9. The van der Waals surface area contributed by atoms with E-state index in [9.17, 15) is 22.8 Å². The highest BCUT2D eigenvalue weighted by Gasteiger charge is 2.37. The summed E-state index contributed by atoms with van der Waals surface area (Å²) in [6.45, 7) is 0. The van der Waals surface area contributed by atoms with Gasteiger partial charge in [-0.15, -0.1) is 0 Å². The number of benzene rings is 2. The summed E-state index contributed by atoms with van der Waals surface area (Å²) in [5.74, 6) is -7.54. The highest BCUT2D eigenvalue weighted by molar-refractivity contribution is 6.13. The minimum atomic E-state index is -1.74. The first-order valence-electron chi connectivity index (χ1n) is 8.88. The van der Waals surface area contributed by atoms with Crippen LogP contribution in [0.5, 0.6) is 0 Å².